The molecule has 1 nitrogen and oxygen atoms in total. The fourth-order valence-corrected chi connectivity index (χ4v) is 4.43. The second-order valence-corrected chi connectivity index (χ2v) is 7.02. The van der Waals surface area contributed by atoms with Gasteiger partial charge in [-0.1, -0.05) is 13.8 Å². The standard InChI is InChI=1S/C15H28O/c1-11(2)16-10-15-7-12(3)5-14(9-15)6-13(4)8-15/h11-14H,5-10H2,1-4H3. The monoisotopic (exact) mass is 224 g/mol. The maximum Gasteiger partial charge on any atom is 0.0526 e. The molecule has 0 aliphatic heterocycles. The van der Waals surface area contributed by atoms with Gasteiger partial charge in [0, 0.05) is 0 Å². The maximum atomic E-state index is 5.95. The molecule has 2 unspecified atom stereocenters. The third-order valence-electron chi connectivity index (χ3n) is 4.48. The maximum absolute atomic E-state index is 5.95. The van der Waals surface area contributed by atoms with E-state index in [4.69, 9.17) is 4.74 Å². The third-order valence-corrected chi connectivity index (χ3v) is 4.48. The lowest BCUT2D eigenvalue weighted by atomic mass is 9.57. The first-order valence-electron chi connectivity index (χ1n) is 7.11. The van der Waals surface area contributed by atoms with Crippen LogP contribution in [0.1, 0.15) is 59.8 Å². The van der Waals surface area contributed by atoms with Crippen molar-refractivity contribution in [3.63, 3.8) is 0 Å². The summed E-state index contributed by atoms with van der Waals surface area (Å²) in [6.07, 6.45) is 7.57. The second kappa shape index (κ2) is 4.68. The zero-order valence-corrected chi connectivity index (χ0v) is 11.5. The van der Waals surface area contributed by atoms with E-state index in [1.807, 2.05) is 0 Å². The number of rotatable bonds is 3. The van der Waals surface area contributed by atoms with Crippen molar-refractivity contribution >= 4 is 0 Å². The van der Waals surface area contributed by atoms with Gasteiger partial charge in [-0.15, -0.1) is 0 Å². The lowest BCUT2D eigenvalue weighted by molar-refractivity contribution is -0.0673. The molecule has 0 heterocycles. The van der Waals surface area contributed by atoms with Crippen molar-refractivity contribution in [2.45, 2.75) is 65.9 Å². The first kappa shape index (κ1) is 12.4. The highest BCUT2D eigenvalue weighted by Gasteiger charge is 2.44. The first-order valence-corrected chi connectivity index (χ1v) is 7.11. The van der Waals surface area contributed by atoms with Crippen molar-refractivity contribution in [2.24, 2.45) is 23.2 Å². The summed E-state index contributed by atoms with van der Waals surface area (Å²) in [5.74, 6) is 2.83. The van der Waals surface area contributed by atoms with Crippen molar-refractivity contribution in [3.05, 3.63) is 0 Å². The second-order valence-electron chi connectivity index (χ2n) is 7.02. The van der Waals surface area contributed by atoms with Crippen LogP contribution in [0, 0.1) is 23.2 Å². The van der Waals surface area contributed by atoms with Crippen molar-refractivity contribution in [1.29, 1.82) is 0 Å². The number of hydrogen-bond acceptors (Lipinski definition) is 1. The van der Waals surface area contributed by atoms with E-state index < -0.39 is 0 Å². The number of hydrogen-bond donors (Lipinski definition) is 0. The molecule has 2 aliphatic rings. The van der Waals surface area contributed by atoms with E-state index in [9.17, 15) is 0 Å². The van der Waals surface area contributed by atoms with Gasteiger partial charge in [0.1, 0.15) is 0 Å². The van der Waals surface area contributed by atoms with Gasteiger partial charge in [0.15, 0.2) is 0 Å². The Hall–Kier alpha value is -0.0400. The quantitative estimate of drug-likeness (QED) is 0.696. The molecular formula is C15H28O. The highest BCUT2D eigenvalue weighted by molar-refractivity contribution is 4.94. The zero-order valence-electron chi connectivity index (χ0n) is 11.5. The van der Waals surface area contributed by atoms with Gasteiger partial charge in [0.25, 0.3) is 0 Å². The molecule has 0 N–H and O–H groups in total. The van der Waals surface area contributed by atoms with Gasteiger partial charge in [-0.25, -0.2) is 0 Å². The molecule has 0 spiro atoms. The van der Waals surface area contributed by atoms with Crippen LogP contribution < -0.4 is 0 Å². The first-order chi connectivity index (χ1) is 7.49. The molecular weight excluding hydrogens is 196 g/mol. The molecule has 2 atom stereocenters. The molecule has 2 bridgehead atoms. The van der Waals surface area contributed by atoms with Gasteiger partial charge >= 0.3 is 0 Å². The molecule has 0 aromatic carbocycles. The van der Waals surface area contributed by atoms with E-state index in [2.05, 4.69) is 27.7 Å². The number of ether oxygens (including phenoxy) is 1. The van der Waals surface area contributed by atoms with Crippen LogP contribution in [-0.4, -0.2) is 12.7 Å². The highest BCUT2D eigenvalue weighted by Crippen LogP contribution is 2.52. The van der Waals surface area contributed by atoms with Crippen molar-refractivity contribution < 1.29 is 4.74 Å². The highest BCUT2D eigenvalue weighted by atomic mass is 16.5. The predicted molar refractivity (Wildman–Crippen MR) is 68.4 cm³/mol. The molecule has 0 aromatic heterocycles. The van der Waals surface area contributed by atoms with E-state index in [0.717, 1.165) is 24.4 Å². The minimum absolute atomic E-state index is 0.391. The summed E-state index contributed by atoms with van der Waals surface area (Å²) in [6, 6.07) is 0. The van der Waals surface area contributed by atoms with Gasteiger partial charge in [-0.05, 0) is 69.1 Å². The Morgan fingerprint density at radius 3 is 2.12 bits per heavy atom. The molecule has 94 valence electrons. The Balaban J connectivity index is 2.03. The number of fused-ring (bicyclic) bond motifs is 2. The third kappa shape index (κ3) is 2.80. The SMILES string of the molecule is CC1CC2CC(C)CC(COC(C)C)(C1)C2. The van der Waals surface area contributed by atoms with Gasteiger partial charge < -0.3 is 4.74 Å². The minimum Gasteiger partial charge on any atom is -0.378 e. The van der Waals surface area contributed by atoms with Gasteiger partial charge in [-0.2, -0.15) is 0 Å². The average Bonchev–Trinajstić information content (AvgIpc) is 2.12. The van der Waals surface area contributed by atoms with Gasteiger partial charge in [0.05, 0.1) is 12.7 Å². The summed E-state index contributed by atoms with van der Waals surface area (Å²) >= 11 is 0. The van der Waals surface area contributed by atoms with Crippen LogP contribution in [0.15, 0.2) is 0 Å². The Morgan fingerprint density at radius 2 is 1.62 bits per heavy atom. The van der Waals surface area contributed by atoms with Gasteiger partial charge in [0.2, 0.25) is 0 Å². The molecule has 2 rings (SSSR count). The molecule has 0 saturated heterocycles. The largest absolute Gasteiger partial charge is 0.378 e. The normalized spacial score (nSPS) is 43.7. The summed E-state index contributed by atoms with van der Waals surface area (Å²) in [5.41, 5.74) is 0.532. The summed E-state index contributed by atoms with van der Waals surface area (Å²) < 4.78 is 5.95. The fourth-order valence-electron chi connectivity index (χ4n) is 4.43. The summed E-state index contributed by atoms with van der Waals surface area (Å²) in [7, 11) is 0. The lowest BCUT2D eigenvalue weighted by Gasteiger charge is -2.50. The van der Waals surface area contributed by atoms with Crippen LogP contribution in [0.4, 0.5) is 0 Å². The van der Waals surface area contributed by atoms with Crippen molar-refractivity contribution in [2.75, 3.05) is 6.61 Å². The molecule has 0 radical (unpaired) electrons. The predicted octanol–water partition coefficient (Wildman–Crippen LogP) is 4.26. The Morgan fingerprint density at radius 1 is 1.06 bits per heavy atom. The topological polar surface area (TPSA) is 9.23 Å². The fraction of sp³-hybridized carbons (Fsp3) is 1.00. The smallest absolute Gasteiger partial charge is 0.0526 e. The van der Waals surface area contributed by atoms with Crippen LogP contribution >= 0.6 is 0 Å². The van der Waals surface area contributed by atoms with Crippen molar-refractivity contribution in [3.8, 4) is 0 Å². The molecule has 16 heavy (non-hydrogen) atoms. The lowest BCUT2D eigenvalue weighted by Crippen LogP contribution is -2.42. The van der Waals surface area contributed by atoms with Crippen LogP contribution in [0.25, 0.3) is 0 Å². The van der Waals surface area contributed by atoms with Crippen molar-refractivity contribution in [1.82, 2.24) is 0 Å². The van der Waals surface area contributed by atoms with E-state index in [0.29, 0.717) is 11.5 Å². The van der Waals surface area contributed by atoms with E-state index in [-0.39, 0.29) is 0 Å². The van der Waals surface area contributed by atoms with E-state index in [1.165, 1.54) is 32.1 Å². The Bertz CT molecular complexity index is 214. The van der Waals surface area contributed by atoms with Crippen LogP contribution in [0.3, 0.4) is 0 Å². The Kier molecular flexibility index (Phi) is 3.63. The van der Waals surface area contributed by atoms with E-state index in [1.54, 1.807) is 0 Å². The molecule has 0 amide bonds. The molecule has 2 fully saturated rings. The molecule has 2 aliphatic carbocycles. The van der Waals surface area contributed by atoms with Crippen LogP contribution in [-0.2, 0) is 4.74 Å². The summed E-state index contributed by atoms with van der Waals surface area (Å²) in [4.78, 5) is 0. The molecule has 2 saturated carbocycles. The molecule has 1 heteroatoms. The van der Waals surface area contributed by atoms with Gasteiger partial charge in [-0.3, -0.25) is 0 Å². The molecule has 0 aromatic rings. The zero-order chi connectivity index (χ0) is 11.8. The summed E-state index contributed by atoms with van der Waals surface area (Å²) in [5, 5.41) is 0. The average molecular weight is 224 g/mol. The van der Waals surface area contributed by atoms with E-state index >= 15 is 0 Å². The van der Waals surface area contributed by atoms with Crippen LogP contribution in [0.2, 0.25) is 0 Å². The Labute approximate surface area is 101 Å². The van der Waals surface area contributed by atoms with Crippen LogP contribution in [0.5, 0.6) is 0 Å². The summed E-state index contributed by atoms with van der Waals surface area (Å²) in [6.45, 7) is 10.2. The minimum atomic E-state index is 0.391.